The van der Waals surface area contributed by atoms with Crippen molar-refractivity contribution in [3.63, 3.8) is 0 Å². The Labute approximate surface area is 183 Å². The van der Waals surface area contributed by atoms with Crippen LogP contribution < -0.4 is 9.04 Å². The van der Waals surface area contributed by atoms with Gasteiger partial charge in [0.05, 0.1) is 17.3 Å². The van der Waals surface area contributed by atoms with Gasteiger partial charge in [0.2, 0.25) is 10.0 Å². The van der Waals surface area contributed by atoms with Crippen molar-refractivity contribution in [3.05, 3.63) is 59.1 Å². The van der Waals surface area contributed by atoms with Crippen LogP contribution in [0.4, 0.5) is 18.2 Å². The average Bonchev–Trinajstić information content (AvgIpc) is 2.96. The van der Waals surface area contributed by atoms with Gasteiger partial charge in [-0.05, 0) is 23.8 Å². The van der Waals surface area contributed by atoms with Gasteiger partial charge in [0.15, 0.2) is 0 Å². The fourth-order valence-corrected chi connectivity index (χ4v) is 6.90. The first-order valence-electron chi connectivity index (χ1n) is 8.19. The van der Waals surface area contributed by atoms with E-state index in [9.17, 15) is 21.6 Å². The molecule has 156 valence electrons. The van der Waals surface area contributed by atoms with Gasteiger partial charge in [-0.15, -0.1) is 24.5 Å². The zero-order valence-electron chi connectivity index (χ0n) is 14.6. The summed E-state index contributed by atoms with van der Waals surface area (Å²) < 4.78 is 68.7. The number of alkyl halides is 4. The number of anilines is 1. The molecule has 0 aliphatic carbocycles. The lowest BCUT2D eigenvalue weighted by molar-refractivity contribution is -0.274. The highest BCUT2D eigenvalue weighted by Crippen LogP contribution is 2.43. The molecule has 0 amide bonds. The van der Waals surface area contributed by atoms with E-state index >= 15 is 0 Å². The monoisotopic (exact) mass is 527 g/mol. The van der Waals surface area contributed by atoms with Gasteiger partial charge in [0.25, 0.3) is 0 Å². The minimum absolute atomic E-state index is 0.0752. The fraction of sp³-hybridized carbons (Fsp3) is 0.222. The van der Waals surface area contributed by atoms with Gasteiger partial charge in [0.1, 0.15) is 10.8 Å². The van der Waals surface area contributed by atoms with E-state index in [1.807, 2.05) is 12.1 Å². The summed E-state index contributed by atoms with van der Waals surface area (Å²) in [5.41, 5.74) is 0.492. The molecule has 0 aliphatic rings. The van der Waals surface area contributed by atoms with Gasteiger partial charge in [-0.25, -0.2) is 8.42 Å². The highest BCUT2D eigenvalue weighted by Gasteiger charge is 2.31. The molecule has 0 N–H and O–H groups in total. The molecule has 0 saturated carbocycles. The van der Waals surface area contributed by atoms with E-state index in [2.05, 4.69) is 20.7 Å². The number of rotatable bonds is 7. The second-order valence-corrected chi connectivity index (χ2v) is 10.1. The Kier molecular flexibility index (Phi) is 6.67. The lowest BCUT2D eigenvalue weighted by Gasteiger charge is -2.23. The standard InChI is InChI=1S/C18H14BrClF3NO3S2/c19-9-10-29(25,26)24(17-16(20)14-3-1-2-4-15(14)28-17)11-12-5-7-13(8-6-12)27-18(21,22)23/h1-8H,9-11H2. The zero-order chi connectivity index (χ0) is 21.2. The van der Waals surface area contributed by atoms with Gasteiger partial charge in [0, 0.05) is 15.4 Å². The molecular formula is C18H14BrClF3NO3S2. The Hall–Kier alpha value is -1.49. The van der Waals surface area contributed by atoms with Crippen molar-refractivity contribution in [1.82, 2.24) is 0 Å². The van der Waals surface area contributed by atoms with Gasteiger partial charge < -0.3 is 4.74 Å². The molecule has 3 rings (SSSR count). The summed E-state index contributed by atoms with van der Waals surface area (Å²) in [6.45, 7) is -0.0752. The summed E-state index contributed by atoms with van der Waals surface area (Å²) in [7, 11) is -3.73. The normalized spacial score (nSPS) is 12.3. The number of halogens is 5. The number of nitrogens with zero attached hydrogens (tertiary/aromatic N) is 1. The van der Waals surface area contributed by atoms with E-state index in [1.54, 1.807) is 12.1 Å². The Morgan fingerprint density at radius 1 is 1.10 bits per heavy atom. The highest BCUT2D eigenvalue weighted by atomic mass is 79.9. The minimum Gasteiger partial charge on any atom is -0.406 e. The maximum Gasteiger partial charge on any atom is 0.573 e. The van der Waals surface area contributed by atoms with Crippen molar-refractivity contribution in [2.24, 2.45) is 0 Å². The number of benzene rings is 2. The summed E-state index contributed by atoms with van der Waals surface area (Å²) in [5.74, 6) is -0.539. The predicted octanol–water partition coefficient (Wildman–Crippen LogP) is 6.18. The van der Waals surface area contributed by atoms with Gasteiger partial charge in [-0.1, -0.05) is 57.9 Å². The van der Waals surface area contributed by atoms with Crippen LogP contribution in [0.25, 0.3) is 10.1 Å². The van der Waals surface area contributed by atoms with E-state index in [4.69, 9.17) is 11.6 Å². The largest absolute Gasteiger partial charge is 0.573 e. The van der Waals surface area contributed by atoms with Crippen LogP contribution in [0.2, 0.25) is 5.02 Å². The van der Waals surface area contributed by atoms with E-state index in [1.165, 1.54) is 27.8 Å². The first-order valence-corrected chi connectivity index (χ1v) is 12.1. The number of sulfonamides is 1. The molecule has 0 atom stereocenters. The van der Waals surface area contributed by atoms with E-state index in [0.29, 0.717) is 15.6 Å². The van der Waals surface area contributed by atoms with Crippen molar-refractivity contribution in [1.29, 1.82) is 0 Å². The molecule has 4 nitrogen and oxygen atoms in total. The zero-order valence-corrected chi connectivity index (χ0v) is 18.6. The molecule has 0 spiro atoms. The molecule has 1 aromatic heterocycles. The molecule has 1 heterocycles. The summed E-state index contributed by atoms with van der Waals surface area (Å²) in [6, 6.07) is 12.3. The van der Waals surface area contributed by atoms with Crippen molar-refractivity contribution < 1.29 is 26.3 Å². The van der Waals surface area contributed by atoms with Gasteiger partial charge in [-0.2, -0.15) is 0 Å². The number of ether oxygens (including phenoxy) is 1. The first-order chi connectivity index (χ1) is 13.6. The van der Waals surface area contributed by atoms with Crippen LogP contribution in [-0.2, 0) is 16.6 Å². The van der Waals surface area contributed by atoms with E-state index in [0.717, 1.165) is 22.2 Å². The molecule has 0 radical (unpaired) electrons. The van der Waals surface area contributed by atoms with Crippen LogP contribution in [0.15, 0.2) is 48.5 Å². The Morgan fingerprint density at radius 3 is 2.34 bits per heavy atom. The third-order valence-electron chi connectivity index (χ3n) is 3.90. The quantitative estimate of drug-likeness (QED) is 0.344. The summed E-state index contributed by atoms with van der Waals surface area (Å²) in [5, 5.41) is 1.65. The molecule has 29 heavy (non-hydrogen) atoms. The molecular weight excluding hydrogens is 515 g/mol. The van der Waals surface area contributed by atoms with Crippen LogP contribution in [0, 0.1) is 0 Å². The topological polar surface area (TPSA) is 46.6 Å². The van der Waals surface area contributed by atoms with Crippen LogP contribution in [-0.4, -0.2) is 25.9 Å². The molecule has 3 aromatic rings. The third-order valence-corrected chi connectivity index (χ3v) is 8.33. The molecule has 2 aromatic carbocycles. The van der Waals surface area contributed by atoms with Crippen LogP contribution in [0.3, 0.4) is 0 Å². The first kappa shape index (κ1) is 22.2. The fourth-order valence-electron chi connectivity index (χ4n) is 2.63. The maximum absolute atomic E-state index is 12.9. The number of hydrogen-bond donors (Lipinski definition) is 0. The van der Waals surface area contributed by atoms with Crippen LogP contribution in [0.5, 0.6) is 5.75 Å². The number of fused-ring (bicyclic) bond motifs is 1. The minimum atomic E-state index is -4.79. The van der Waals surface area contributed by atoms with E-state index < -0.39 is 16.4 Å². The van der Waals surface area contributed by atoms with Gasteiger partial charge in [-0.3, -0.25) is 4.31 Å². The molecule has 0 bridgehead atoms. The van der Waals surface area contributed by atoms with E-state index in [-0.39, 0.29) is 23.4 Å². The van der Waals surface area contributed by atoms with Crippen molar-refractivity contribution >= 4 is 64.0 Å². The Bertz CT molecular complexity index is 1100. The second kappa shape index (κ2) is 8.71. The number of hydrogen-bond acceptors (Lipinski definition) is 4. The molecule has 0 saturated heterocycles. The molecule has 11 heteroatoms. The molecule has 0 fully saturated rings. The van der Waals surface area contributed by atoms with Crippen LogP contribution in [0.1, 0.15) is 5.56 Å². The Morgan fingerprint density at radius 2 is 1.76 bits per heavy atom. The third kappa shape index (κ3) is 5.36. The smallest absolute Gasteiger partial charge is 0.406 e. The van der Waals surface area contributed by atoms with Crippen molar-refractivity contribution in [2.45, 2.75) is 12.9 Å². The maximum atomic E-state index is 12.9. The van der Waals surface area contributed by atoms with Gasteiger partial charge >= 0.3 is 6.36 Å². The second-order valence-electron chi connectivity index (χ2n) is 5.92. The highest BCUT2D eigenvalue weighted by molar-refractivity contribution is 9.09. The van der Waals surface area contributed by atoms with Crippen molar-refractivity contribution in [2.75, 3.05) is 15.4 Å². The Balaban J connectivity index is 1.97. The number of thiophene rings is 1. The summed E-state index contributed by atoms with van der Waals surface area (Å²) >= 11 is 10.9. The lowest BCUT2D eigenvalue weighted by atomic mass is 10.2. The van der Waals surface area contributed by atoms with Crippen molar-refractivity contribution in [3.8, 4) is 5.75 Å². The molecule has 0 unspecified atom stereocenters. The molecule has 0 aliphatic heterocycles. The predicted molar refractivity (Wildman–Crippen MR) is 114 cm³/mol. The summed E-state index contributed by atoms with van der Waals surface area (Å²) in [4.78, 5) is 0. The lowest BCUT2D eigenvalue weighted by Crippen LogP contribution is -2.32. The summed E-state index contributed by atoms with van der Waals surface area (Å²) in [6.07, 6.45) is -4.79. The van der Waals surface area contributed by atoms with Crippen LogP contribution >= 0.6 is 38.9 Å². The SMILES string of the molecule is O=S(=O)(CCBr)N(Cc1ccc(OC(F)(F)F)cc1)c1sc2ccccc2c1Cl. The average molecular weight is 529 g/mol.